The number of anilines is 1. The van der Waals surface area contributed by atoms with Crippen molar-refractivity contribution in [2.75, 3.05) is 45.2 Å². The fourth-order valence-corrected chi connectivity index (χ4v) is 7.42. The molecule has 1 aromatic heterocycles. The summed E-state index contributed by atoms with van der Waals surface area (Å²) in [5, 5.41) is 4.22. The number of ether oxygens (including phenoxy) is 1. The third-order valence-corrected chi connectivity index (χ3v) is 9.77. The van der Waals surface area contributed by atoms with E-state index in [1.807, 2.05) is 30.3 Å². The van der Waals surface area contributed by atoms with Crippen LogP contribution in [0.5, 0.6) is 5.75 Å². The van der Waals surface area contributed by atoms with Crippen LogP contribution < -0.4 is 15.0 Å². The number of methoxy groups -OCH3 is 1. The van der Waals surface area contributed by atoms with Crippen LogP contribution in [0.3, 0.4) is 0 Å². The number of sulfonamides is 1. The second kappa shape index (κ2) is 11.0. The third kappa shape index (κ3) is 5.69. The summed E-state index contributed by atoms with van der Waals surface area (Å²) in [7, 11) is -2.33. The van der Waals surface area contributed by atoms with Crippen molar-refractivity contribution in [1.29, 1.82) is 0 Å². The van der Waals surface area contributed by atoms with Crippen LogP contribution in [-0.4, -0.2) is 63.4 Å². The molecule has 3 aromatic carbocycles. The first kappa shape index (κ1) is 26.6. The summed E-state index contributed by atoms with van der Waals surface area (Å²) in [4.78, 5) is 18.5. The van der Waals surface area contributed by atoms with Gasteiger partial charge in [0.05, 0.1) is 43.5 Å². The number of benzene rings is 3. The Kier molecular flexibility index (Phi) is 7.69. The summed E-state index contributed by atoms with van der Waals surface area (Å²) in [5.74, 6) is 0.142. The Morgan fingerprint density at radius 2 is 1.84 bits per heavy atom. The molecular weight excluding hydrogens is 544 g/mol. The lowest BCUT2D eigenvalue weighted by molar-refractivity contribution is -0.895. The highest BCUT2D eigenvalue weighted by Crippen LogP contribution is 2.32. The standard InChI is InChI=1S/C27H27ClN4O4S2/c1-18-3-9-22-24(15-18)37-27(30-22)19-4-7-21(8-5-19)29-26(33)17-31-11-13-32(14-12-31)38(34,35)25-16-20(28)6-10-23(25)36-2/h3-10,15-16H,11-14,17H2,1-2H3,(H,29,33)/p+1. The lowest BCUT2D eigenvalue weighted by Gasteiger charge is -2.31. The van der Waals surface area contributed by atoms with Crippen LogP contribution in [0, 0.1) is 6.92 Å². The van der Waals surface area contributed by atoms with Crippen LogP contribution in [0.4, 0.5) is 5.69 Å². The van der Waals surface area contributed by atoms with Crippen molar-refractivity contribution in [3.05, 3.63) is 71.2 Å². The quantitative estimate of drug-likeness (QED) is 0.354. The average Bonchev–Trinajstić information content (AvgIpc) is 3.32. The predicted octanol–water partition coefficient (Wildman–Crippen LogP) is 3.46. The van der Waals surface area contributed by atoms with Gasteiger partial charge in [0.1, 0.15) is 15.7 Å². The van der Waals surface area contributed by atoms with E-state index >= 15 is 0 Å². The molecule has 8 nitrogen and oxygen atoms in total. The van der Waals surface area contributed by atoms with Gasteiger partial charge in [0.25, 0.3) is 5.91 Å². The number of quaternary nitrogens is 1. The molecule has 0 unspecified atom stereocenters. The molecule has 0 saturated carbocycles. The number of carbonyl (C=O) groups is 1. The van der Waals surface area contributed by atoms with Gasteiger partial charge < -0.3 is 15.0 Å². The Morgan fingerprint density at radius 3 is 2.55 bits per heavy atom. The molecule has 0 aliphatic carbocycles. The minimum atomic E-state index is -3.76. The number of nitrogens with zero attached hydrogens (tertiary/aromatic N) is 2. The van der Waals surface area contributed by atoms with Crippen molar-refractivity contribution < 1.29 is 22.8 Å². The topological polar surface area (TPSA) is 93.0 Å². The van der Waals surface area contributed by atoms with Gasteiger partial charge in [-0.15, -0.1) is 11.3 Å². The van der Waals surface area contributed by atoms with Gasteiger partial charge in [-0.25, -0.2) is 13.4 Å². The molecule has 0 bridgehead atoms. The fraction of sp³-hybridized carbons (Fsp3) is 0.259. The van der Waals surface area contributed by atoms with Crippen molar-refractivity contribution in [3.63, 3.8) is 0 Å². The molecule has 1 aliphatic heterocycles. The molecule has 1 saturated heterocycles. The maximum Gasteiger partial charge on any atom is 0.279 e. The predicted molar refractivity (Wildman–Crippen MR) is 151 cm³/mol. The highest BCUT2D eigenvalue weighted by atomic mass is 35.5. The van der Waals surface area contributed by atoms with E-state index in [0.29, 0.717) is 36.9 Å². The summed E-state index contributed by atoms with van der Waals surface area (Å²) in [6.45, 7) is 3.97. The molecule has 198 valence electrons. The van der Waals surface area contributed by atoms with E-state index in [9.17, 15) is 13.2 Å². The van der Waals surface area contributed by atoms with E-state index in [0.717, 1.165) is 25.7 Å². The van der Waals surface area contributed by atoms with E-state index in [1.54, 1.807) is 23.5 Å². The van der Waals surface area contributed by atoms with Crippen molar-refractivity contribution in [3.8, 4) is 16.3 Å². The lowest BCUT2D eigenvalue weighted by Crippen LogP contribution is -3.15. The first-order chi connectivity index (χ1) is 18.2. The molecule has 0 atom stereocenters. The monoisotopic (exact) mass is 571 g/mol. The Bertz CT molecular complexity index is 1580. The third-order valence-electron chi connectivity index (χ3n) is 6.54. The number of hydrogen-bond donors (Lipinski definition) is 2. The van der Waals surface area contributed by atoms with Crippen molar-refractivity contribution in [1.82, 2.24) is 9.29 Å². The maximum atomic E-state index is 13.2. The lowest BCUT2D eigenvalue weighted by atomic mass is 10.2. The van der Waals surface area contributed by atoms with Crippen molar-refractivity contribution >= 4 is 54.8 Å². The van der Waals surface area contributed by atoms with Crippen LogP contribution >= 0.6 is 22.9 Å². The Morgan fingerprint density at radius 1 is 1.11 bits per heavy atom. The number of nitrogens with one attached hydrogen (secondary N) is 2. The van der Waals surface area contributed by atoms with E-state index in [2.05, 4.69) is 24.4 Å². The van der Waals surface area contributed by atoms with Gasteiger partial charge in [-0.1, -0.05) is 17.7 Å². The number of thiazole rings is 1. The highest BCUT2D eigenvalue weighted by Gasteiger charge is 2.33. The van der Waals surface area contributed by atoms with Gasteiger partial charge in [0.2, 0.25) is 10.0 Å². The minimum absolute atomic E-state index is 0.0538. The summed E-state index contributed by atoms with van der Waals surface area (Å²) < 4.78 is 34.2. The SMILES string of the molecule is COc1ccc(Cl)cc1S(=O)(=O)N1CC[NH+](CC(=O)Nc2ccc(-c3nc4ccc(C)cc4s3)cc2)CC1. The molecule has 2 heterocycles. The smallest absolute Gasteiger partial charge is 0.279 e. The van der Waals surface area contributed by atoms with E-state index in [-0.39, 0.29) is 23.1 Å². The van der Waals surface area contributed by atoms with Gasteiger partial charge >= 0.3 is 0 Å². The maximum absolute atomic E-state index is 13.2. The van der Waals surface area contributed by atoms with Crippen molar-refractivity contribution in [2.24, 2.45) is 0 Å². The Balaban J connectivity index is 1.16. The summed E-state index contributed by atoms with van der Waals surface area (Å²) in [6, 6.07) is 18.4. The van der Waals surface area contributed by atoms with Crippen LogP contribution in [-0.2, 0) is 14.8 Å². The molecule has 1 aliphatic rings. The molecule has 1 fully saturated rings. The van der Waals surface area contributed by atoms with E-state index < -0.39 is 10.0 Å². The first-order valence-electron chi connectivity index (χ1n) is 12.2. The molecule has 1 amide bonds. The van der Waals surface area contributed by atoms with E-state index in [4.69, 9.17) is 21.3 Å². The highest BCUT2D eigenvalue weighted by molar-refractivity contribution is 7.89. The summed E-state index contributed by atoms with van der Waals surface area (Å²) in [5.41, 5.74) is 3.90. The number of aryl methyl sites for hydroxylation is 1. The van der Waals surface area contributed by atoms with E-state index in [1.165, 1.54) is 23.0 Å². The average molecular weight is 572 g/mol. The number of carbonyl (C=O) groups excluding carboxylic acids is 1. The van der Waals surface area contributed by atoms with Gasteiger partial charge in [-0.3, -0.25) is 4.79 Å². The van der Waals surface area contributed by atoms with Crippen LogP contribution in [0.25, 0.3) is 20.8 Å². The Labute approximate surface area is 230 Å². The Hall–Kier alpha value is -3.02. The molecule has 38 heavy (non-hydrogen) atoms. The van der Waals surface area contributed by atoms with Gasteiger partial charge in [0, 0.05) is 16.3 Å². The largest absolute Gasteiger partial charge is 0.495 e. The molecule has 0 radical (unpaired) electrons. The number of rotatable bonds is 7. The zero-order chi connectivity index (χ0) is 26.9. The van der Waals surface area contributed by atoms with Gasteiger partial charge in [-0.2, -0.15) is 4.31 Å². The second-order valence-corrected chi connectivity index (χ2v) is 12.6. The second-order valence-electron chi connectivity index (χ2n) is 9.24. The molecule has 5 rings (SSSR count). The number of piperazine rings is 1. The number of amides is 1. The zero-order valence-electron chi connectivity index (χ0n) is 21.0. The van der Waals surface area contributed by atoms with Crippen LogP contribution in [0.15, 0.2) is 65.6 Å². The number of fused-ring (bicyclic) bond motifs is 1. The number of hydrogen-bond acceptors (Lipinski definition) is 6. The van der Waals surface area contributed by atoms with Crippen LogP contribution in [0.2, 0.25) is 5.02 Å². The molecule has 11 heteroatoms. The normalized spacial score (nSPS) is 15.0. The van der Waals surface area contributed by atoms with Crippen LogP contribution in [0.1, 0.15) is 5.56 Å². The first-order valence-corrected chi connectivity index (χ1v) is 14.8. The molecule has 0 spiro atoms. The van der Waals surface area contributed by atoms with Crippen molar-refractivity contribution in [2.45, 2.75) is 11.8 Å². The van der Waals surface area contributed by atoms with Gasteiger partial charge in [-0.05, 0) is 67.1 Å². The summed E-state index contributed by atoms with van der Waals surface area (Å²) in [6.07, 6.45) is 0. The molecule has 4 aromatic rings. The molecule has 2 N–H and O–H groups in total. The minimum Gasteiger partial charge on any atom is -0.495 e. The fourth-order valence-electron chi connectivity index (χ4n) is 4.49. The number of halogens is 1. The molecular formula is C27H28ClN4O4S2+. The van der Waals surface area contributed by atoms with Gasteiger partial charge in [0.15, 0.2) is 6.54 Å². The summed E-state index contributed by atoms with van der Waals surface area (Å²) >= 11 is 7.69. The number of aromatic nitrogens is 1. The zero-order valence-corrected chi connectivity index (χ0v) is 23.4.